The molecule has 0 radical (unpaired) electrons. The molecule has 4 aliphatic carbocycles. The Kier molecular flexibility index (Phi) is 4.51. The molecule has 4 saturated carbocycles. The summed E-state index contributed by atoms with van der Waals surface area (Å²) >= 11 is 0. The molecule has 176 valence electrons. The molecule has 1 N–H and O–H groups in total. The van der Waals surface area contributed by atoms with E-state index < -0.39 is 5.97 Å². The van der Waals surface area contributed by atoms with E-state index >= 15 is 0 Å². The fraction of sp³-hybridized carbons (Fsp3) is 0.355. The van der Waals surface area contributed by atoms with Crippen molar-refractivity contribution in [3.63, 3.8) is 0 Å². The lowest BCUT2D eigenvalue weighted by atomic mass is 9.48. The third-order valence-corrected chi connectivity index (χ3v) is 9.14. The highest BCUT2D eigenvalue weighted by Gasteiger charge is 2.51. The van der Waals surface area contributed by atoms with Gasteiger partial charge in [-0.25, -0.2) is 9.79 Å². The Bertz CT molecular complexity index is 1340. The van der Waals surface area contributed by atoms with Gasteiger partial charge in [0.1, 0.15) is 0 Å². The van der Waals surface area contributed by atoms with Gasteiger partial charge < -0.3 is 10.0 Å². The zero-order valence-electron chi connectivity index (χ0n) is 20.1. The summed E-state index contributed by atoms with van der Waals surface area (Å²) in [7, 11) is 2.12. The monoisotopic (exact) mass is 462 g/mol. The molecule has 0 amide bonds. The first kappa shape index (κ1) is 20.9. The maximum atomic E-state index is 11.5. The lowest BCUT2D eigenvalue weighted by Crippen LogP contribution is -2.48. The number of rotatable bonds is 3. The predicted molar refractivity (Wildman–Crippen MR) is 139 cm³/mol. The number of carboxylic acid groups (broad SMARTS) is 1. The van der Waals surface area contributed by atoms with E-state index in [0.29, 0.717) is 11.0 Å². The van der Waals surface area contributed by atoms with Crippen molar-refractivity contribution in [2.24, 2.45) is 22.7 Å². The molecule has 35 heavy (non-hydrogen) atoms. The number of hydrogen-bond donors (Lipinski definition) is 1. The van der Waals surface area contributed by atoms with Gasteiger partial charge in [-0.2, -0.15) is 0 Å². The van der Waals surface area contributed by atoms with Gasteiger partial charge >= 0.3 is 5.97 Å². The Morgan fingerprint density at radius 3 is 2.20 bits per heavy atom. The van der Waals surface area contributed by atoms with Crippen LogP contribution >= 0.6 is 0 Å². The molecule has 0 atom stereocenters. The third kappa shape index (κ3) is 3.26. The lowest BCUT2D eigenvalue weighted by molar-refractivity contribution is -0.00518. The van der Waals surface area contributed by atoms with Crippen LogP contribution in [0, 0.1) is 17.8 Å². The van der Waals surface area contributed by atoms with Crippen LogP contribution in [0.4, 0.5) is 17.1 Å². The van der Waals surface area contributed by atoms with Crippen LogP contribution in [0.15, 0.2) is 71.7 Å². The number of para-hydroxylation sites is 2. The highest BCUT2D eigenvalue weighted by Crippen LogP contribution is 2.61. The molecule has 3 aromatic rings. The zero-order valence-corrected chi connectivity index (χ0v) is 20.1. The van der Waals surface area contributed by atoms with E-state index in [0.717, 1.165) is 51.7 Å². The van der Waals surface area contributed by atoms with Crippen LogP contribution in [-0.2, 0) is 5.41 Å². The topological polar surface area (TPSA) is 52.9 Å². The van der Waals surface area contributed by atoms with E-state index in [1.165, 1.54) is 44.1 Å². The molecule has 1 heterocycles. The van der Waals surface area contributed by atoms with Gasteiger partial charge in [0, 0.05) is 18.2 Å². The maximum absolute atomic E-state index is 11.5. The number of fused-ring (bicyclic) bond motifs is 2. The highest BCUT2D eigenvalue weighted by molar-refractivity contribution is 6.19. The van der Waals surface area contributed by atoms with E-state index in [-0.39, 0.29) is 0 Å². The Hall–Kier alpha value is -3.40. The standard InChI is InChI=1S/C31H30N2O2/c1-33-27-11-10-24(31-16-19-12-20(17-31)14-21(13-19)18-31)15-25(27)29(32-26-4-2-3-5-28(26)33)22-6-8-23(9-7-22)30(34)35/h2-11,15,19-21H,12-14,16-18H2,1H3,(H,34,35). The summed E-state index contributed by atoms with van der Waals surface area (Å²) in [6.07, 6.45) is 8.29. The van der Waals surface area contributed by atoms with Crippen LogP contribution < -0.4 is 4.90 Å². The molecule has 0 unspecified atom stereocenters. The summed E-state index contributed by atoms with van der Waals surface area (Å²) in [4.78, 5) is 18.9. The first-order valence-electron chi connectivity index (χ1n) is 12.9. The van der Waals surface area contributed by atoms with E-state index in [4.69, 9.17) is 4.99 Å². The molecule has 0 saturated heterocycles. The van der Waals surface area contributed by atoms with Crippen molar-refractivity contribution in [2.45, 2.75) is 43.9 Å². The molecule has 4 nitrogen and oxygen atoms in total. The first-order chi connectivity index (χ1) is 17.0. The van der Waals surface area contributed by atoms with Gasteiger partial charge in [-0.1, -0.05) is 30.3 Å². The van der Waals surface area contributed by atoms with Gasteiger partial charge in [0.25, 0.3) is 0 Å². The summed E-state index contributed by atoms with van der Waals surface area (Å²) in [5.74, 6) is 1.77. The van der Waals surface area contributed by atoms with E-state index in [2.05, 4.69) is 48.3 Å². The number of aliphatic imine (C=N–C) groups is 1. The molecule has 4 bridgehead atoms. The Balaban J connectivity index is 1.40. The van der Waals surface area contributed by atoms with E-state index in [1.807, 2.05) is 18.2 Å². The minimum absolute atomic E-state index is 0.294. The minimum Gasteiger partial charge on any atom is -0.478 e. The average molecular weight is 463 g/mol. The van der Waals surface area contributed by atoms with Gasteiger partial charge in [0.2, 0.25) is 0 Å². The SMILES string of the molecule is CN1c2ccccc2N=C(c2ccc(C(=O)O)cc2)c2cc(C34CC5CC(CC(C5)C3)C4)ccc21. The number of carboxylic acids is 1. The second-order valence-corrected chi connectivity index (χ2v) is 11.3. The van der Waals surface area contributed by atoms with Crippen LogP contribution in [0.3, 0.4) is 0 Å². The largest absolute Gasteiger partial charge is 0.478 e. The quantitative estimate of drug-likeness (QED) is 0.451. The molecule has 8 rings (SSSR count). The van der Waals surface area contributed by atoms with Crippen molar-refractivity contribution in [1.82, 2.24) is 0 Å². The van der Waals surface area contributed by atoms with Gasteiger partial charge in [-0.3, -0.25) is 0 Å². The fourth-order valence-corrected chi connectivity index (χ4v) is 7.96. The number of aromatic carboxylic acids is 1. The Labute approximate surface area is 206 Å². The van der Waals surface area contributed by atoms with Crippen molar-refractivity contribution in [2.75, 3.05) is 11.9 Å². The molecule has 5 aliphatic rings. The molecule has 0 aromatic heterocycles. The van der Waals surface area contributed by atoms with Crippen molar-refractivity contribution in [1.29, 1.82) is 0 Å². The zero-order chi connectivity index (χ0) is 23.7. The fourth-order valence-electron chi connectivity index (χ4n) is 7.96. The van der Waals surface area contributed by atoms with Crippen molar-refractivity contribution >= 4 is 28.7 Å². The average Bonchev–Trinajstić information content (AvgIpc) is 2.98. The predicted octanol–water partition coefficient (Wildman–Crippen LogP) is 7.10. The highest BCUT2D eigenvalue weighted by atomic mass is 16.4. The summed E-state index contributed by atoms with van der Waals surface area (Å²) in [6, 6.07) is 22.5. The number of nitrogens with zero attached hydrogens (tertiary/aromatic N) is 2. The Morgan fingerprint density at radius 1 is 0.886 bits per heavy atom. The van der Waals surface area contributed by atoms with Gasteiger partial charge in [-0.15, -0.1) is 0 Å². The van der Waals surface area contributed by atoms with Crippen molar-refractivity contribution in [3.8, 4) is 0 Å². The van der Waals surface area contributed by atoms with Gasteiger partial charge in [0.15, 0.2) is 0 Å². The smallest absolute Gasteiger partial charge is 0.335 e. The minimum atomic E-state index is -0.908. The summed E-state index contributed by atoms with van der Waals surface area (Å²) in [5.41, 5.74) is 8.23. The van der Waals surface area contributed by atoms with Gasteiger partial charge in [-0.05, 0) is 104 Å². The van der Waals surface area contributed by atoms with Gasteiger partial charge in [0.05, 0.1) is 28.3 Å². The van der Waals surface area contributed by atoms with Crippen LogP contribution in [0.25, 0.3) is 0 Å². The Morgan fingerprint density at radius 2 is 1.54 bits per heavy atom. The summed E-state index contributed by atoms with van der Waals surface area (Å²) < 4.78 is 0. The summed E-state index contributed by atoms with van der Waals surface area (Å²) in [6.45, 7) is 0. The molecule has 1 aliphatic heterocycles. The summed E-state index contributed by atoms with van der Waals surface area (Å²) in [5, 5.41) is 9.40. The number of benzene rings is 3. The number of hydrogen-bond acceptors (Lipinski definition) is 3. The lowest BCUT2D eigenvalue weighted by Gasteiger charge is -2.57. The maximum Gasteiger partial charge on any atom is 0.335 e. The molecular formula is C31H30N2O2. The van der Waals surface area contributed by atoms with E-state index in [9.17, 15) is 9.90 Å². The van der Waals surface area contributed by atoms with Crippen molar-refractivity contribution < 1.29 is 9.90 Å². The van der Waals surface area contributed by atoms with Crippen LogP contribution in [0.5, 0.6) is 0 Å². The number of anilines is 2. The van der Waals surface area contributed by atoms with Crippen molar-refractivity contribution in [3.05, 3.63) is 89.0 Å². The van der Waals surface area contributed by atoms with Crippen LogP contribution in [0.2, 0.25) is 0 Å². The van der Waals surface area contributed by atoms with Crippen LogP contribution in [0.1, 0.15) is 65.6 Å². The first-order valence-corrected chi connectivity index (χ1v) is 12.9. The van der Waals surface area contributed by atoms with Crippen LogP contribution in [-0.4, -0.2) is 23.8 Å². The second kappa shape index (κ2) is 7.55. The number of carbonyl (C=O) groups is 1. The molecule has 3 aromatic carbocycles. The second-order valence-electron chi connectivity index (χ2n) is 11.3. The molecule has 4 heteroatoms. The molecule has 4 fully saturated rings. The molecular weight excluding hydrogens is 432 g/mol. The van der Waals surface area contributed by atoms with E-state index in [1.54, 1.807) is 12.1 Å². The normalized spacial score (nSPS) is 28.2. The molecule has 0 spiro atoms. The third-order valence-electron chi connectivity index (χ3n) is 9.14.